The number of oxazole rings is 1. The SMILES string of the molecule is COc1nc(O[C@@H]2CCc3c(-c4cccc(-c5nc6cc(CNC[C@@H]7CCC(=O)N7)cc(C#N)c6o5)c4Cl)cccc32)c([SiH3])cc1CN1CC[C@@H](O)C1. The molecule has 0 bridgehead atoms. The highest BCUT2D eigenvalue weighted by Gasteiger charge is 2.30. The van der Waals surface area contributed by atoms with Crippen molar-refractivity contribution in [2.45, 2.75) is 63.4 Å². The molecule has 13 heteroatoms. The number of carbonyl (C=O) groups is 1. The zero-order valence-electron chi connectivity index (χ0n) is 29.7. The summed E-state index contributed by atoms with van der Waals surface area (Å²) in [5.74, 6) is 1.60. The van der Waals surface area contributed by atoms with Gasteiger partial charge >= 0.3 is 0 Å². The van der Waals surface area contributed by atoms with Crippen LogP contribution in [0.4, 0.5) is 0 Å². The van der Waals surface area contributed by atoms with Crippen LogP contribution < -0.4 is 25.3 Å². The molecule has 2 fully saturated rings. The Hall–Kier alpha value is -4.77. The van der Waals surface area contributed by atoms with E-state index in [9.17, 15) is 15.2 Å². The second-order valence-corrected chi connectivity index (χ2v) is 15.7. The minimum absolute atomic E-state index is 0.0849. The van der Waals surface area contributed by atoms with E-state index in [1.165, 1.54) is 5.56 Å². The number of likely N-dealkylation sites (tertiary alicyclic amines) is 1. The number of rotatable bonds is 11. The predicted molar refractivity (Wildman–Crippen MR) is 205 cm³/mol. The molecule has 2 saturated heterocycles. The van der Waals surface area contributed by atoms with Crippen LogP contribution in [-0.4, -0.2) is 75.0 Å². The number of aliphatic hydroxyl groups excluding tert-OH is 1. The molecule has 8 rings (SSSR count). The average Bonchev–Trinajstić information content (AvgIpc) is 3.96. The molecule has 1 aliphatic carbocycles. The van der Waals surface area contributed by atoms with Gasteiger partial charge in [0.2, 0.25) is 23.6 Å². The van der Waals surface area contributed by atoms with Crippen LogP contribution in [0.3, 0.4) is 0 Å². The van der Waals surface area contributed by atoms with Crippen LogP contribution in [0.25, 0.3) is 33.7 Å². The number of ether oxygens (including phenoxy) is 2. The quantitative estimate of drug-likeness (QED) is 0.169. The molecule has 4 heterocycles. The van der Waals surface area contributed by atoms with Crippen molar-refractivity contribution in [2.24, 2.45) is 0 Å². The fraction of sp³-hybridized carbons (Fsp3) is 0.350. The molecule has 3 aromatic carbocycles. The number of methoxy groups -OCH3 is 1. The van der Waals surface area contributed by atoms with Gasteiger partial charge in [0.15, 0.2) is 5.58 Å². The number of benzene rings is 3. The number of carbonyl (C=O) groups excluding carboxylic acids is 1. The number of nitrogens with one attached hydrogen (secondary N) is 2. The Morgan fingerprint density at radius 2 is 1.92 bits per heavy atom. The maximum Gasteiger partial charge on any atom is 0.228 e. The van der Waals surface area contributed by atoms with Gasteiger partial charge in [-0.1, -0.05) is 41.9 Å². The number of amides is 1. The summed E-state index contributed by atoms with van der Waals surface area (Å²) in [7, 11) is 2.40. The van der Waals surface area contributed by atoms with Gasteiger partial charge in [-0.15, -0.1) is 0 Å². The highest BCUT2D eigenvalue weighted by atomic mass is 35.5. The van der Waals surface area contributed by atoms with Crippen molar-refractivity contribution in [3.05, 3.63) is 87.4 Å². The van der Waals surface area contributed by atoms with E-state index in [1.54, 1.807) is 7.11 Å². The van der Waals surface area contributed by atoms with E-state index in [0.717, 1.165) is 75.5 Å². The lowest BCUT2D eigenvalue weighted by Gasteiger charge is -2.20. The lowest BCUT2D eigenvalue weighted by atomic mass is 9.95. The maximum absolute atomic E-state index is 11.5. The normalized spacial score (nSPS) is 19.8. The van der Waals surface area contributed by atoms with Gasteiger partial charge in [0, 0.05) is 66.6 Å². The Morgan fingerprint density at radius 3 is 2.70 bits per heavy atom. The molecule has 3 atom stereocenters. The van der Waals surface area contributed by atoms with Gasteiger partial charge < -0.3 is 29.6 Å². The average molecular weight is 749 g/mol. The van der Waals surface area contributed by atoms with Crippen LogP contribution >= 0.6 is 11.6 Å². The van der Waals surface area contributed by atoms with Crippen molar-refractivity contribution < 1.29 is 23.8 Å². The highest BCUT2D eigenvalue weighted by molar-refractivity contribution is 6.36. The molecule has 5 aromatic rings. The van der Waals surface area contributed by atoms with E-state index in [-0.39, 0.29) is 24.2 Å². The number of β-amino-alcohol motifs (C(OH)–C–C–N with tert-alkyl or cyclic N) is 1. The highest BCUT2D eigenvalue weighted by Crippen LogP contribution is 2.44. The molecule has 3 N–H and O–H groups in total. The van der Waals surface area contributed by atoms with E-state index in [0.29, 0.717) is 77.5 Å². The van der Waals surface area contributed by atoms with Crippen molar-refractivity contribution >= 4 is 44.0 Å². The number of nitrogens with zero attached hydrogens (tertiary/aromatic N) is 4. The number of fused-ring (bicyclic) bond motifs is 2. The molecule has 272 valence electrons. The van der Waals surface area contributed by atoms with Crippen molar-refractivity contribution in [1.82, 2.24) is 25.5 Å². The molecule has 2 aliphatic heterocycles. The number of nitriles is 1. The van der Waals surface area contributed by atoms with Crippen LogP contribution in [0.15, 0.2) is 59.0 Å². The fourth-order valence-corrected chi connectivity index (χ4v) is 8.77. The van der Waals surface area contributed by atoms with Crippen molar-refractivity contribution in [2.75, 3.05) is 26.7 Å². The van der Waals surface area contributed by atoms with Crippen molar-refractivity contribution in [1.29, 1.82) is 5.26 Å². The van der Waals surface area contributed by atoms with Gasteiger partial charge in [-0.3, -0.25) is 9.69 Å². The van der Waals surface area contributed by atoms with Crippen LogP contribution in [0.1, 0.15) is 59.6 Å². The standard InChI is InChI=1S/C40H41ClN6O5Si/c1-50-38-24(20-47-13-12-26(48)21-47)16-34(53)40(46-38)51-33-10-9-28-27(4-2-5-29(28)33)30-6-3-7-31(36(30)41)39-45-32-15-22(14-23(17-42)37(32)52-39)18-43-19-25-8-11-35(49)44-25/h2-7,14-16,25-26,33,43,48H,8-13,18-21H2,1,53H3,(H,44,49)/t25-,26+,33+/m0/s1. The van der Waals surface area contributed by atoms with E-state index >= 15 is 0 Å². The minimum Gasteiger partial charge on any atom is -0.481 e. The first kappa shape index (κ1) is 35.3. The van der Waals surface area contributed by atoms with Gasteiger partial charge in [0.1, 0.15) is 17.7 Å². The summed E-state index contributed by atoms with van der Waals surface area (Å²) >= 11 is 7.18. The lowest BCUT2D eigenvalue weighted by Crippen LogP contribution is -2.35. The molecule has 1 amide bonds. The summed E-state index contributed by atoms with van der Waals surface area (Å²) < 4.78 is 18.6. The van der Waals surface area contributed by atoms with Crippen LogP contribution in [-0.2, 0) is 24.3 Å². The third kappa shape index (κ3) is 7.15. The number of aromatic nitrogens is 2. The third-order valence-electron chi connectivity index (χ3n) is 10.5. The second kappa shape index (κ2) is 14.9. The molecule has 53 heavy (non-hydrogen) atoms. The molecule has 0 unspecified atom stereocenters. The number of halogens is 1. The summed E-state index contributed by atoms with van der Waals surface area (Å²) in [6, 6.07) is 20.3. The molecule has 3 aliphatic rings. The molecule has 2 aromatic heterocycles. The van der Waals surface area contributed by atoms with Crippen molar-refractivity contribution in [3.63, 3.8) is 0 Å². The molecule has 11 nitrogen and oxygen atoms in total. The number of aliphatic hydroxyl groups is 1. The Balaban J connectivity index is 1.03. The lowest BCUT2D eigenvalue weighted by molar-refractivity contribution is -0.119. The molecule has 0 radical (unpaired) electrons. The van der Waals surface area contributed by atoms with Crippen molar-refractivity contribution in [3.8, 4) is 40.4 Å². The van der Waals surface area contributed by atoms with Crippen LogP contribution in [0.2, 0.25) is 5.02 Å². The summed E-state index contributed by atoms with van der Waals surface area (Å²) in [5, 5.41) is 27.9. The second-order valence-electron chi connectivity index (χ2n) is 14.2. The third-order valence-corrected chi connectivity index (χ3v) is 11.6. The number of hydrogen-bond acceptors (Lipinski definition) is 10. The van der Waals surface area contributed by atoms with Gasteiger partial charge in [-0.2, -0.15) is 10.2 Å². The molecular formula is C40H41ClN6O5Si. The Labute approximate surface area is 315 Å². The van der Waals surface area contributed by atoms with Gasteiger partial charge in [-0.05, 0) is 77.4 Å². The first-order valence-electron chi connectivity index (χ1n) is 18.1. The Kier molecular flexibility index (Phi) is 9.93. The van der Waals surface area contributed by atoms with Gasteiger partial charge in [0.25, 0.3) is 0 Å². The van der Waals surface area contributed by atoms with E-state index in [4.69, 9.17) is 35.5 Å². The fourth-order valence-electron chi connectivity index (χ4n) is 7.89. The largest absolute Gasteiger partial charge is 0.481 e. The first-order valence-corrected chi connectivity index (χ1v) is 19.5. The molecule has 0 saturated carbocycles. The zero-order valence-corrected chi connectivity index (χ0v) is 32.5. The predicted octanol–water partition coefficient (Wildman–Crippen LogP) is 4.08. The molecule has 0 spiro atoms. The summed E-state index contributed by atoms with van der Waals surface area (Å²) in [6.07, 6.45) is 3.33. The van der Waals surface area contributed by atoms with E-state index in [2.05, 4.69) is 39.8 Å². The van der Waals surface area contributed by atoms with Gasteiger partial charge in [-0.25, -0.2) is 4.98 Å². The maximum atomic E-state index is 11.5. The number of hydrogen-bond donors (Lipinski definition) is 3. The summed E-state index contributed by atoms with van der Waals surface area (Å²) in [4.78, 5) is 23.4. The summed E-state index contributed by atoms with van der Waals surface area (Å²) in [6.45, 7) is 3.38. The topological polar surface area (TPSA) is 146 Å². The Morgan fingerprint density at radius 1 is 1.09 bits per heavy atom. The van der Waals surface area contributed by atoms with Crippen LogP contribution in [0.5, 0.6) is 11.8 Å². The van der Waals surface area contributed by atoms with Gasteiger partial charge in [0.05, 0.1) is 29.4 Å². The van der Waals surface area contributed by atoms with Crippen LogP contribution in [0, 0.1) is 11.3 Å². The minimum atomic E-state index is -0.279. The monoisotopic (exact) mass is 748 g/mol. The molecular weight excluding hydrogens is 708 g/mol. The van der Waals surface area contributed by atoms with E-state index < -0.39 is 0 Å². The first-order chi connectivity index (χ1) is 25.8. The van der Waals surface area contributed by atoms with E-state index in [1.807, 2.05) is 36.4 Å². The zero-order chi connectivity index (χ0) is 36.6. The smallest absolute Gasteiger partial charge is 0.228 e. The Bertz CT molecular complexity index is 2260. The summed E-state index contributed by atoms with van der Waals surface area (Å²) in [5.41, 5.74) is 8.14. The number of pyridine rings is 1.